The van der Waals surface area contributed by atoms with Gasteiger partial charge < -0.3 is 15.0 Å². The second-order valence-electron chi connectivity index (χ2n) is 6.86. The first kappa shape index (κ1) is 20.0. The number of para-hydroxylation sites is 2. The molecule has 0 spiro atoms. The van der Waals surface area contributed by atoms with E-state index in [1.54, 1.807) is 11.8 Å². The van der Waals surface area contributed by atoms with Gasteiger partial charge in [-0.05, 0) is 29.8 Å². The predicted molar refractivity (Wildman–Crippen MR) is 118 cm³/mol. The van der Waals surface area contributed by atoms with E-state index in [2.05, 4.69) is 34.5 Å². The minimum Gasteiger partial charge on any atom is -0.456 e. The Hall–Kier alpha value is -3.25. The van der Waals surface area contributed by atoms with Crippen LogP contribution in [0.25, 0.3) is 0 Å². The fourth-order valence-corrected chi connectivity index (χ4v) is 4.39. The molecule has 3 aromatic rings. The van der Waals surface area contributed by atoms with Gasteiger partial charge >= 0.3 is 5.97 Å². The summed E-state index contributed by atoms with van der Waals surface area (Å²) in [4.78, 5) is 28.7. The van der Waals surface area contributed by atoms with E-state index in [-0.39, 0.29) is 18.9 Å². The molecule has 1 N–H and O–H groups in total. The Bertz CT molecular complexity index is 994. The largest absolute Gasteiger partial charge is 0.456 e. The first-order chi connectivity index (χ1) is 14.7. The Morgan fingerprint density at radius 3 is 2.10 bits per heavy atom. The molecular formula is C24H22N2O3S. The smallest absolute Gasteiger partial charge is 0.308 e. The van der Waals surface area contributed by atoms with Crippen molar-refractivity contribution in [2.45, 2.75) is 22.8 Å². The lowest BCUT2D eigenvalue weighted by molar-refractivity contribution is -0.148. The third kappa shape index (κ3) is 4.83. The maximum atomic E-state index is 12.3. The van der Waals surface area contributed by atoms with Crippen LogP contribution >= 0.6 is 11.8 Å². The van der Waals surface area contributed by atoms with E-state index < -0.39 is 5.97 Å². The molecule has 0 saturated heterocycles. The summed E-state index contributed by atoms with van der Waals surface area (Å²) in [6.07, 6.45) is 0.194. The molecule has 1 heterocycles. The molecule has 0 atom stereocenters. The van der Waals surface area contributed by atoms with Crippen molar-refractivity contribution in [3.8, 4) is 0 Å². The topological polar surface area (TPSA) is 58.6 Å². The van der Waals surface area contributed by atoms with Crippen molar-refractivity contribution in [1.82, 2.24) is 5.32 Å². The number of anilines is 2. The number of amides is 1. The summed E-state index contributed by atoms with van der Waals surface area (Å²) >= 11 is 1.73. The van der Waals surface area contributed by atoms with Crippen molar-refractivity contribution >= 4 is 35.0 Å². The number of fused-ring (bicyclic) bond motifs is 2. The summed E-state index contributed by atoms with van der Waals surface area (Å²) < 4.78 is 5.18. The van der Waals surface area contributed by atoms with Crippen molar-refractivity contribution in [1.29, 1.82) is 0 Å². The second kappa shape index (κ2) is 9.50. The SMILES string of the molecule is O=C(COC(=O)CCN1c2ccccc2Sc2ccccc21)NCc1ccccc1. The lowest BCUT2D eigenvalue weighted by Crippen LogP contribution is -2.29. The van der Waals surface area contributed by atoms with Crippen LogP contribution in [0.5, 0.6) is 0 Å². The molecule has 0 aliphatic carbocycles. The van der Waals surface area contributed by atoms with Crippen molar-refractivity contribution in [2.75, 3.05) is 18.1 Å². The van der Waals surface area contributed by atoms with Gasteiger partial charge in [0.1, 0.15) is 0 Å². The molecule has 1 aliphatic rings. The van der Waals surface area contributed by atoms with Gasteiger partial charge in [0.15, 0.2) is 6.61 Å². The monoisotopic (exact) mass is 418 g/mol. The summed E-state index contributed by atoms with van der Waals surface area (Å²) in [5, 5.41) is 2.76. The number of benzene rings is 3. The standard InChI is InChI=1S/C24H22N2O3S/c27-23(25-16-18-8-2-1-3-9-18)17-29-24(28)14-15-26-19-10-4-6-12-21(19)30-22-13-7-5-11-20(22)26/h1-13H,14-17H2,(H,25,27). The summed E-state index contributed by atoms with van der Waals surface area (Å²) in [5.74, 6) is -0.699. The number of hydrogen-bond donors (Lipinski definition) is 1. The Morgan fingerprint density at radius 1 is 0.833 bits per heavy atom. The van der Waals surface area contributed by atoms with Gasteiger partial charge in [-0.3, -0.25) is 9.59 Å². The fraction of sp³-hybridized carbons (Fsp3) is 0.167. The maximum absolute atomic E-state index is 12.3. The minimum atomic E-state index is -0.391. The van der Waals surface area contributed by atoms with Gasteiger partial charge in [-0.15, -0.1) is 0 Å². The number of esters is 1. The van der Waals surface area contributed by atoms with E-state index in [9.17, 15) is 9.59 Å². The van der Waals surface area contributed by atoms with E-state index in [4.69, 9.17) is 4.74 Å². The highest BCUT2D eigenvalue weighted by atomic mass is 32.2. The van der Waals surface area contributed by atoms with E-state index in [0.29, 0.717) is 13.1 Å². The molecule has 1 amide bonds. The van der Waals surface area contributed by atoms with Gasteiger partial charge in [-0.2, -0.15) is 0 Å². The lowest BCUT2D eigenvalue weighted by Gasteiger charge is -2.32. The molecule has 1 aliphatic heterocycles. The van der Waals surface area contributed by atoms with Gasteiger partial charge in [-0.25, -0.2) is 0 Å². The molecule has 0 fully saturated rings. The molecular weight excluding hydrogens is 396 g/mol. The van der Waals surface area contributed by atoms with Gasteiger partial charge in [-0.1, -0.05) is 66.4 Å². The number of ether oxygens (including phenoxy) is 1. The third-order valence-electron chi connectivity index (χ3n) is 4.77. The van der Waals surface area contributed by atoms with Gasteiger partial charge in [0.25, 0.3) is 5.91 Å². The number of nitrogens with zero attached hydrogens (tertiary/aromatic N) is 1. The Morgan fingerprint density at radius 2 is 1.43 bits per heavy atom. The summed E-state index contributed by atoms with van der Waals surface area (Å²) in [6.45, 7) is 0.629. The van der Waals surface area contributed by atoms with Crippen LogP contribution in [0.4, 0.5) is 11.4 Å². The first-order valence-corrected chi connectivity index (χ1v) is 10.6. The average Bonchev–Trinajstić information content (AvgIpc) is 2.79. The van der Waals surface area contributed by atoms with Crippen molar-refractivity contribution in [2.24, 2.45) is 0 Å². The molecule has 4 rings (SSSR count). The highest BCUT2D eigenvalue weighted by Crippen LogP contribution is 2.47. The van der Waals surface area contributed by atoms with Crippen molar-refractivity contribution in [3.05, 3.63) is 84.4 Å². The zero-order valence-electron chi connectivity index (χ0n) is 16.4. The van der Waals surface area contributed by atoms with Crippen LogP contribution in [0.15, 0.2) is 88.7 Å². The molecule has 3 aromatic carbocycles. The highest BCUT2D eigenvalue weighted by molar-refractivity contribution is 7.99. The highest BCUT2D eigenvalue weighted by Gasteiger charge is 2.23. The van der Waals surface area contributed by atoms with Crippen LogP contribution in [-0.2, 0) is 20.9 Å². The predicted octanol–water partition coefficient (Wildman–Crippen LogP) is 4.54. The molecule has 0 saturated carbocycles. The van der Waals surface area contributed by atoms with Gasteiger partial charge in [0.2, 0.25) is 0 Å². The summed E-state index contributed by atoms with van der Waals surface area (Å²) in [7, 11) is 0. The number of nitrogens with one attached hydrogen (secondary N) is 1. The van der Waals surface area contributed by atoms with Crippen LogP contribution in [0.3, 0.4) is 0 Å². The average molecular weight is 419 g/mol. The lowest BCUT2D eigenvalue weighted by atomic mass is 10.2. The zero-order valence-corrected chi connectivity index (χ0v) is 17.2. The van der Waals surface area contributed by atoms with Crippen LogP contribution in [0.1, 0.15) is 12.0 Å². The van der Waals surface area contributed by atoms with E-state index in [1.165, 1.54) is 0 Å². The minimum absolute atomic E-state index is 0.194. The number of rotatable bonds is 7. The summed E-state index contributed by atoms with van der Waals surface area (Å²) in [5.41, 5.74) is 3.15. The van der Waals surface area contributed by atoms with E-state index in [0.717, 1.165) is 26.7 Å². The molecule has 30 heavy (non-hydrogen) atoms. The van der Waals surface area contributed by atoms with Crippen LogP contribution in [-0.4, -0.2) is 25.0 Å². The van der Waals surface area contributed by atoms with Crippen LogP contribution in [0, 0.1) is 0 Å². The maximum Gasteiger partial charge on any atom is 0.308 e. The van der Waals surface area contributed by atoms with Gasteiger partial charge in [0.05, 0.1) is 17.8 Å². The molecule has 0 aromatic heterocycles. The Balaban J connectivity index is 1.30. The van der Waals surface area contributed by atoms with Crippen LogP contribution in [0.2, 0.25) is 0 Å². The molecule has 5 nitrogen and oxygen atoms in total. The Labute approximate surface area is 180 Å². The van der Waals surface area contributed by atoms with E-state index in [1.807, 2.05) is 54.6 Å². The van der Waals surface area contributed by atoms with Crippen molar-refractivity contribution in [3.63, 3.8) is 0 Å². The number of hydrogen-bond acceptors (Lipinski definition) is 5. The van der Waals surface area contributed by atoms with Gasteiger partial charge in [0, 0.05) is 22.9 Å². The zero-order chi connectivity index (χ0) is 20.8. The van der Waals surface area contributed by atoms with Crippen molar-refractivity contribution < 1.29 is 14.3 Å². The number of carbonyl (C=O) groups is 2. The van der Waals surface area contributed by atoms with E-state index >= 15 is 0 Å². The first-order valence-electron chi connectivity index (χ1n) is 9.80. The molecule has 0 unspecified atom stereocenters. The quantitative estimate of drug-likeness (QED) is 0.571. The van der Waals surface area contributed by atoms with Crippen LogP contribution < -0.4 is 10.2 Å². The second-order valence-corrected chi connectivity index (χ2v) is 7.95. The summed E-state index contributed by atoms with van der Waals surface area (Å²) in [6, 6.07) is 25.9. The molecule has 0 radical (unpaired) electrons. The third-order valence-corrected chi connectivity index (χ3v) is 5.90. The molecule has 6 heteroatoms. The normalized spacial score (nSPS) is 11.9. The molecule has 152 valence electrons. The fourth-order valence-electron chi connectivity index (χ4n) is 3.29. The number of carbonyl (C=O) groups excluding carboxylic acids is 2. The molecule has 0 bridgehead atoms. The Kier molecular flexibility index (Phi) is 6.35.